The third-order valence-corrected chi connectivity index (χ3v) is 4.00. The molecule has 4 heteroatoms. The molecule has 0 aliphatic heterocycles. The maximum atomic E-state index is 4.33. The lowest BCUT2D eigenvalue weighted by Crippen LogP contribution is -2.21. The average Bonchev–Trinajstić information content (AvgIpc) is 2.72. The molecule has 0 aliphatic carbocycles. The zero-order valence-electron chi connectivity index (χ0n) is 12.6. The van der Waals surface area contributed by atoms with Crippen LogP contribution in [0.15, 0.2) is 0 Å². The number of nitrogens with zero attached hydrogens (tertiary/aromatic N) is 2. The number of aromatic nitrogens is 2. The molecule has 3 nitrogen and oxygen atoms in total. The predicted octanol–water partition coefficient (Wildman–Crippen LogP) is 3.92. The van der Waals surface area contributed by atoms with Gasteiger partial charge in [0.25, 0.3) is 0 Å². The van der Waals surface area contributed by atoms with Crippen LogP contribution in [-0.2, 0) is 5.41 Å². The summed E-state index contributed by atoms with van der Waals surface area (Å²) in [6.45, 7) is 11.2. The second-order valence-electron chi connectivity index (χ2n) is 6.40. The molecule has 0 bridgehead atoms. The van der Waals surface area contributed by atoms with Crippen molar-refractivity contribution in [3.8, 4) is 0 Å². The Kier molecular flexibility index (Phi) is 5.73. The molecule has 1 unspecified atom stereocenters. The van der Waals surface area contributed by atoms with Crippen molar-refractivity contribution in [1.82, 2.24) is 14.9 Å². The molecule has 0 fully saturated rings. The van der Waals surface area contributed by atoms with Crippen molar-refractivity contribution in [2.75, 3.05) is 7.05 Å². The van der Waals surface area contributed by atoms with Crippen molar-refractivity contribution < 1.29 is 0 Å². The Labute approximate surface area is 116 Å². The summed E-state index contributed by atoms with van der Waals surface area (Å²) in [6, 6.07) is 0.401. The van der Waals surface area contributed by atoms with Crippen molar-refractivity contribution in [2.45, 2.75) is 65.3 Å². The molecule has 18 heavy (non-hydrogen) atoms. The average molecular weight is 269 g/mol. The van der Waals surface area contributed by atoms with Crippen LogP contribution in [0.5, 0.6) is 0 Å². The van der Waals surface area contributed by atoms with Crippen LogP contribution < -0.4 is 5.32 Å². The van der Waals surface area contributed by atoms with Crippen LogP contribution in [0.2, 0.25) is 0 Å². The van der Waals surface area contributed by atoms with Crippen LogP contribution in [0.3, 0.4) is 0 Å². The van der Waals surface area contributed by atoms with E-state index < -0.39 is 0 Å². The molecule has 1 atom stereocenters. The van der Waals surface area contributed by atoms with E-state index in [1.54, 1.807) is 11.5 Å². The Morgan fingerprint density at radius 3 is 2.39 bits per heavy atom. The standard InChI is InChI=1S/C14H27N3S/c1-10(2)8-7-9-11(15-6)12-13(14(3,4)5)16-17-18-12/h10-11,15H,7-9H2,1-6H3. The van der Waals surface area contributed by atoms with Crippen molar-refractivity contribution in [3.05, 3.63) is 10.6 Å². The summed E-state index contributed by atoms with van der Waals surface area (Å²) in [5.74, 6) is 0.782. The number of rotatable bonds is 6. The van der Waals surface area contributed by atoms with Gasteiger partial charge in [-0.15, -0.1) is 5.10 Å². The van der Waals surface area contributed by atoms with Crippen molar-refractivity contribution in [3.63, 3.8) is 0 Å². The summed E-state index contributed by atoms with van der Waals surface area (Å²) < 4.78 is 4.15. The summed E-state index contributed by atoms with van der Waals surface area (Å²) in [4.78, 5) is 1.31. The third-order valence-electron chi connectivity index (χ3n) is 3.16. The van der Waals surface area contributed by atoms with Gasteiger partial charge in [0.05, 0.1) is 10.6 Å². The first kappa shape index (κ1) is 15.6. The fourth-order valence-electron chi connectivity index (χ4n) is 2.08. The highest BCUT2D eigenvalue weighted by Gasteiger charge is 2.26. The van der Waals surface area contributed by atoms with Crippen LogP contribution in [-0.4, -0.2) is 16.6 Å². The fourth-order valence-corrected chi connectivity index (χ4v) is 3.09. The highest BCUT2D eigenvalue weighted by molar-refractivity contribution is 7.05. The molecule has 0 saturated heterocycles. The van der Waals surface area contributed by atoms with Crippen LogP contribution in [0.25, 0.3) is 0 Å². The molecule has 1 N–H and O–H groups in total. The van der Waals surface area contributed by atoms with Crippen LogP contribution in [0.4, 0.5) is 0 Å². The Balaban J connectivity index is 2.73. The van der Waals surface area contributed by atoms with Gasteiger partial charge in [0.1, 0.15) is 0 Å². The molecule has 104 valence electrons. The van der Waals surface area contributed by atoms with Crippen molar-refractivity contribution >= 4 is 11.5 Å². The molecule has 0 aliphatic rings. The molecule has 0 amide bonds. The molecular weight excluding hydrogens is 242 g/mol. The summed E-state index contributed by atoms with van der Waals surface area (Å²) in [6.07, 6.45) is 3.71. The number of nitrogens with one attached hydrogen (secondary N) is 1. The van der Waals surface area contributed by atoms with Gasteiger partial charge in [0.15, 0.2) is 0 Å². The van der Waals surface area contributed by atoms with Gasteiger partial charge in [-0.2, -0.15) is 0 Å². The highest BCUT2D eigenvalue weighted by atomic mass is 32.1. The van der Waals surface area contributed by atoms with Crippen LogP contribution in [0.1, 0.15) is 70.5 Å². The van der Waals surface area contributed by atoms with Gasteiger partial charge < -0.3 is 5.32 Å². The quantitative estimate of drug-likeness (QED) is 0.850. The molecule has 1 aromatic heterocycles. The zero-order chi connectivity index (χ0) is 13.8. The first-order chi connectivity index (χ1) is 8.36. The molecular formula is C14H27N3S. The second kappa shape index (κ2) is 6.62. The Morgan fingerprint density at radius 1 is 1.22 bits per heavy atom. The van der Waals surface area contributed by atoms with Gasteiger partial charge in [-0.1, -0.05) is 51.9 Å². The Morgan fingerprint density at radius 2 is 1.89 bits per heavy atom. The third kappa shape index (κ3) is 4.32. The van der Waals surface area contributed by atoms with Crippen LogP contribution >= 0.6 is 11.5 Å². The first-order valence-electron chi connectivity index (χ1n) is 6.86. The van der Waals surface area contributed by atoms with E-state index in [9.17, 15) is 0 Å². The predicted molar refractivity (Wildman–Crippen MR) is 79.1 cm³/mol. The zero-order valence-corrected chi connectivity index (χ0v) is 13.4. The fraction of sp³-hybridized carbons (Fsp3) is 0.857. The van der Waals surface area contributed by atoms with Crippen LogP contribution in [0, 0.1) is 5.92 Å². The number of hydrogen-bond donors (Lipinski definition) is 1. The summed E-state index contributed by atoms with van der Waals surface area (Å²) in [5, 5.41) is 7.75. The lowest BCUT2D eigenvalue weighted by Gasteiger charge is -2.21. The van der Waals surface area contributed by atoms with E-state index in [2.05, 4.69) is 49.5 Å². The van der Waals surface area contributed by atoms with Crippen molar-refractivity contribution in [1.29, 1.82) is 0 Å². The minimum Gasteiger partial charge on any atom is -0.312 e. The van der Waals surface area contributed by atoms with Gasteiger partial charge in [-0.25, -0.2) is 0 Å². The van der Waals surface area contributed by atoms with Crippen molar-refractivity contribution in [2.24, 2.45) is 5.92 Å². The summed E-state index contributed by atoms with van der Waals surface area (Å²) >= 11 is 1.54. The smallest absolute Gasteiger partial charge is 0.0857 e. The molecule has 0 spiro atoms. The lowest BCUT2D eigenvalue weighted by atomic mass is 9.89. The second-order valence-corrected chi connectivity index (χ2v) is 7.19. The highest BCUT2D eigenvalue weighted by Crippen LogP contribution is 2.32. The topological polar surface area (TPSA) is 37.8 Å². The monoisotopic (exact) mass is 269 g/mol. The minimum atomic E-state index is 0.0789. The summed E-state index contributed by atoms with van der Waals surface area (Å²) in [5.41, 5.74) is 1.23. The lowest BCUT2D eigenvalue weighted by molar-refractivity contribution is 0.463. The maximum Gasteiger partial charge on any atom is 0.0857 e. The number of hydrogen-bond acceptors (Lipinski definition) is 4. The van der Waals surface area contributed by atoms with E-state index in [4.69, 9.17) is 0 Å². The SMILES string of the molecule is CNC(CCCC(C)C)c1snnc1C(C)(C)C. The maximum absolute atomic E-state index is 4.33. The molecule has 0 saturated carbocycles. The molecule has 1 rings (SSSR count). The van der Waals surface area contributed by atoms with Gasteiger partial charge in [-0.3, -0.25) is 0 Å². The molecule has 0 radical (unpaired) electrons. The Hall–Kier alpha value is -0.480. The van der Waals surface area contributed by atoms with E-state index in [1.165, 1.54) is 24.1 Å². The minimum absolute atomic E-state index is 0.0789. The first-order valence-corrected chi connectivity index (χ1v) is 7.63. The van der Waals surface area contributed by atoms with E-state index in [0.29, 0.717) is 6.04 Å². The normalized spacial score (nSPS) is 14.2. The van der Waals surface area contributed by atoms with Gasteiger partial charge >= 0.3 is 0 Å². The van der Waals surface area contributed by atoms with E-state index >= 15 is 0 Å². The molecule has 1 heterocycles. The van der Waals surface area contributed by atoms with E-state index in [0.717, 1.165) is 11.6 Å². The molecule has 1 aromatic rings. The van der Waals surface area contributed by atoms with E-state index in [-0.39, 0.29) is 5.41 Å². The molecule has 0 aromatic carbocycles. The van der Waals surface area contributed by atoms with Gasteiger partial charge in [0.2, 0.25) is 0 Å². The largest absolute Gasteiger partial charge is 0.312 e. The summed E-state index contributed by atoms with van der Waals surface area (Å²) in [7, 11) is 2.03. The van der Waals surface area contributed by atoms with E-state index in [1.807, 2.05) is 7.05 Å². The van der Waals surface area contributed by atoms with Gasteiger partial charge in [-0.05, 0) is 30.9 Å². The van der Waals surface area contributed by atoms with Gasteiger partial charge in [0, 0.05) is 11.5 Å². The Bertz CT molecular complexity index is 352.